The van der Waals surface area contributed by atoms with Crippen LogP contribution in [-0.4, -0.2) is 64.2 Å². The third-order valence-corrected chi connectivity index (χ3v) is 4.76. The van der Waals surface area contributed by atoms with Crippen LogP contribution in [0.2, 0.25) is 0 Å². The number of benzene rings is 1. The van der Waals surface area contributed by atoms with Crippen LogP contribution in [0.5, 0.6) is 11.5 Å². The van der Waals surface area contributed by atoms with Crippen LogP contribution in [0, 0.1) is 0 Å². The van der Waals surface area contributed by atoms with Crippen LogP contribution in [0.1, 0.15) is 19.3 Å². The van der Waals surface area contributed by atoms with E-state index in [0.717, 1.165) is 37.6 Å². The molecule has 1 aromatic carbocycles. The van der Waals surface area contributed by atoms with Gasteiger partial charge in [-0.2, -0.15) is 0 Å². The van der Waals surface area contributed by atoms with E-state index in [1.165, 1.54) is 18.4 Å². The zero-order valence-electron chi connectivity index (χ0n) is 16.6. The number of allylic oxidation sites excluding steroid dienone is 3. The Hall–Kier alpha value is -2.04. The number of para-hydroxylation sites is 2. The van der Waals surface area contributed by atoms with E-state index in [1.54, 1.807) is 0 Å². The molecule has 1 heterocycles. The van der Waals surface area contributed by atoms with Crippen molar-refractivity contribution in [3.05, 3.63) is 53.8 Å². The van der Waals surface area contributed by atoms with Crippen molar-refractivity contribution in [2.45, 2.75) is 19.3 Å². The average Bonchev–Trinajstić information content (AvgIpc) is 3.23. The minimum Gasteiger partial charge on any atom is -0.487 e. The van der Waals surface area contributed by atoms with E-state index in [2.05, 4.69) is 22.8 Å². The Labute approximate surface area is 168 Å². The van der Waals surface area contributed by atoms with E-state index in [1.807, 2.05) is 30.3 Å². The predicted octanol–water partition coefficient (Wildman–Crippen LogP) is 3.61. The van der Waals surface area contributed by atoms with Crippen LogP contribution in [0.15, 0.2) is 53.8 Å². The lowest BCUT2D eigenvalue weighted by Crippen LogP contribution is -2.32. The summed E-state index contributed by atoms with van der Waals surface area (Å²) in [6.07, 6.45) is 9.63. The van der Waals surface area contributed by atoms with Crippen molar-refractivity contribution in [1.29, 1.82) is 0 Å². The van der Waals surface area contributed by atoms with Crippen LogP contribution in [0.4, 0.5) is 0 Å². The van der Waals surface area contributed by atoms with Gasteiger partial charge in [0.15, 0.2) is 11.5 Å². The fourth-order valence-electron chi connectivity index (χ4n) is 3.21. The van der Waals surface area contributed by atoms with Gasteiger partial charge >= 0.3 is 0 Å². The van der Waals surface area contributed by atoms with Gasteiger partial charge in [-0.1, -0.05) is 24.3 Å². The molecule has 0 bridgehead atoms. The van der Waals surface area contributed by atoms with E-state index < -0.39 is 0 Å². The number of rotatable bonds is 5. The molecule has 0 saturated heterocycles. The Morgan fingerprint density at radius 3 is 2.11 bits per heavy atom. The minimum atomic E-state index is 0.521. The Morgan fingerprint density at radius 1 is 0.821 bits per heavy atom. The van der Waals surface area contributed by atoms with E-state index in [4.69, 9.17) is 18.9 Å². The number of nitrogens with zero attached hydrogens (tertiary/aromatic N) is 1. The molecule has 0 fully saturated rings. The zero-order valence-corrected chi connectivity index (χ0v) is 16.6. The first kappa shape index (κ1) is 20.7. The Balaban J connectivity index is 1.40. The molecule has 0 unspecified atom stereocenters. The molecular formula is C23H31NO4. The molecule has 5 heteroatoms. The highest BCUT2D eigenvalue weighted by Crippen LogP contribution is 2.26. The summed E-state index contributed by atoms with van der Waals surface area (Å²) < 4.78 is 23.1. The normalized spacial score (nSPS) is 19.1. The molecule has 0 saturated carbocycles. The SMILES string of the molecule is C1=CC=CC=1CCCCN1CCOCCOc2ccccc2OCCOCC1. The molecule has 1 aliphatic heterocycles. The van der Waals surface area contributed by atoms with Crippen molar-refractivity contribution in [3.63, 3.8) is 0 Å². The Bertz CT molecular complexity index is 644. The van der Waals surface area contributed by atoms with E-state index in [9.17, 15) is 0 Å². The second-order valence-electron chi connectivity index (χ2n) is 6.86. The number of fused-ring (bicyclic) bond motifs is 1. The van der Waals surface area contributed by atoms with Crippen molar-refractivity contribution < 1.29 is 18.9 Å². The van der Waals surface area contributed by atoms with Crippen molar-refractivity contribution in [2.24, 2.45) is 0 Å². The lowest BCUT2D eigenvalue weighted by atomic mass is 10.1. The van der Waals surface area contributed by atoms with Gasteiger partial charge < -0.3 is 18.9 Å². The smallest absolute Gasteiger partial charge is 0.161 e. The highest BCUT2D eigenvalue weighted by molar-refractivity contribution is 5.39. The average molecular weight is 386 g/mol. The molecule has 5 nitrogen and oxygen atoms in total. The molecule has 1 aliphatic carbocycles. The molecule has 0 N–H and O–H groups in total. The monoisotopic (exact) mass is 385 g/mol. The van der Waals surface area contributed by atoms with Crippen LogP contribution >= 0.6 is 0 Å². The second-order valence-corrected chi connectivity index (χ2v) is 6.86. The number of hydrogen-bond donors (Lipinski definition) is 0. The highest BCUT2D eigenvalue weighted by Gasteiger charge is 2.08. The van der Waals surface area contributed by atoms with Crippen LogP contribution in [0.25, 0.3) is 0 Å². The van der Waals surface area contributed by atoms with Gasteiger partial charge in [0.25, 0.3) is 0 Å². The number of unbranched alkanes of at least 4 members (excludes halogenated alkanes) is 1. The summed E-state index contributed by atoms with van der Waals surface area (Å²) in [6, 6.07) is 7.73. The Kier molecular flexibility index (Phi) is 9.18. The van der Waals surface area contributed by atoms with Gasteiger partial charge in [-0.25, -0.2) is 0 Å². The molecule has 0 radical (unpaired) electrons. The highest BCUT2D eigenvalue weighted by atomic mass is 16.6. The summed E-state index contributed by atoms with van der Waals surface area (Å²) in [7, 11) is 0. The standard InChI is InChI=1S/C23H31NO4/c1-2-8-21(7-1)9-5-6-12-24-13-15-25-17-19-27-22-10-3-4-11-23(22)28-20-18-26-16-14-24/h1-4,7,10-11H,5-6,9,12-20H2. The number of ether oxygens (including phenoxy) is 4. The fourth-order valence-corrected chi connectivity index (χ4v) is 3.21. The molecule has 3 rings (SSSR count). The lowest BCUT2D eigenvalue weighted by Gasteiger charge is -2.22. The van der Waals surface area contributed by atoms with Crippen LogP contribution < -0.4 is 9.47 Å². The summed E-state index contributed by atoms with van der Waals surface area (Å²) in [4.78, 5) is 2.42. The molecule has 2 aliphatic rings. The summed E-state index contributed by atoms with van der Waals surface area (Å²) in [5, 5.41) is 0. The maximum Gasteiger partial charge on any atom is 0.161 e. The first-order valence-electron chi connectivity index (χ1n) is 10.3. The third kappa shape index (κ3) is 7.53. The Morgan fingerprint density at radius 2 is 1.50 bits per heavy atom. The van der Waals surface area contributed by atoms with E-state index >= 15 is 0 Å². The molecule has 0 spiro atoms. The zero-order chi connectivity index (χ0) is 19.3. The van der Waals surface area contributed by atoms with Gasteiger partial charge in [0.05, 0.1) is 26.4 Å². The largest absolute Gasteiger partial charge is 0.487 e. The van der Waals surface area contributed by atoms with Gasteiger partial charge in [-0.05, 0) is 49.6 Å². The van der Waals surface area contributed by atoms with E-state index in [-0.39, 0.29) is 0 Å². The van der Waals surface area contributed by atoms with E-state index in [0.29, 0.717) is 39.6 Å². The third-order valence-electron chi connectivity index (χ3n) is 4.76. The molecule has 28 heavy (non-hydrogen) atoms. The van der Waals surface area contributed by atoms with Gasteiger partial charge in [-0.3, -0.25) is 4.90 Å². The molecule has 1 aromatic rings. The van der Waals surface area contributed by atoms with Crippen molar-refractivity contribution in [2.75, 3.05) is 59.3 Å². The van der Waals surface area contributed by atoms with Crippen LogP contribution in [0.3, 0.4) is 0 Å². The summed E-state index contributed by atoms with van der Waals surface area (Å²) >= 11 is 0. The first-order valence-corrected chi connectivity index (χ1v) is 10.3. The summed E-state index contributed by atoms with van der Waals surface area (Å²) in [5.74, 6) is 1.51. The van der Waals surface area contributed by atoms with Gasteiger partial charge in [-0.15, -0.1) is 5.73 Å². The molecular weight excluding hydrogens is 354 g/mol. The van der Waals surface area contributed by atoms with Gasteiger partial charge in [0.1, 0.15) is 13.2 Å². The van der Waals surface area contributed by atoms with Crippen LogP contribution in [-0.2, 0) is 9.47 Å². The maximum absolute atomic E-state index is 5.80. The summed E-state index contributed by atoms with van der Waals surface area (Å²) in [5.41, 5.74) is 4.58. The summed E-state index contributed by atoms with van der Waals surface area (Å²) in [6.45, 7) is 6.50. The topological polar surface area (TPSA) is 40.2 Å². The molecule has 0 atom stereocenters. The maximum atomic E-state index is 5.80. The fraction of sp³-hybridized carbons (Fsp3) is 0.522. The second kappa shape index (κ2) is 12.4. The first-order chi connectivity index (χ1) is 13.9. The predicted molar refractivity (Wildman–Crippen MR) is 110 cm³/mol. The minimum absolute atomic E-state index is 0.521. The molecule has 0 amide bonds. The van der Waals surface area contributed by atoms with Crippen molar-refractivity contribution >= 4 is 0 Å². The quantitative estimate of drug-likeness (QED) is 0.572. The molecule has 0 aromatic heterocycles. The number of hydrogen-bond acceptors (Lipinski definition) is 5. The van der Waals surface area contributed by atoms with Crippen molar-refractivity contribution in [1.82, 2.24) is 4.90 Å². The lowest BCUT2D eigenvalue weighted by molar-refractivity contribution is 0.0594. The van der Waals surface area contributed by atoms with Crippen molar-refractivity contribution in [3.8, 4) is 11.5 Å². The van der Waals surface area contributed by atoms with Gasteiger partial charge in [0, 0.05) is 13.1 Å². The molecule has 152 valence electrons. The van der Waals surface area contributed by atoms with Gasteiger partial charge in [0.2, 0.25) is 0 Å².